The standard InChI is InChI=1S/C16H13NO3S/c1-19-14-8-7-12(10-5-3-4-6-11(10)14)15-17-13(9-21-15)16(18)20-2/h3-9H,1-2H3. The lowest BCUT2D eigenvalue weighted by molar-refractivity contribution is 0.0595. The number of fused-ring (bicyclic) bond motifs is 1. The normalized spacial score (nSPS) is 10.6. The molecule has 0 aliphatic heterocycles. The van der Waals surface area contributed by atoms with Crippen LogP contribution in [0, 0.1) is 0 Å². The zero-order valence-electron chi connectivity index (χ0n) is 11.6. The van der Waals surface area contributed by atoms with Crippen LogP contribution in [0.15, 0.2) is 41.8 Å². The van der Waals surface area contributed by atoms with E-state index in [1.54, 1.807) is 12.5 Å². The molecule has 0 fully saturated rings. The fourth-order valence-corrected chi connectivity index (χ4v) is 3.06. The molecule has 3 rings (SSSR count). The smallest absolute Gasteiger partial charge is 0.357 e. The number of esters is 1. The number of hydrogen-bond acceptors (Lipinski definition) is 5. The van der Waals surface area contributed by atoms with E-state index in [-0.39, 0.29) is 0 Å². The fraction of sp³-hybridized carbons (Fsp3) is 0.125. The number of carbonyl (C=O) groups is 1. The number of hydrogen-bond donors (Lipinski definition) is 0. The van der Waals surface area contributed by atoms with E-state index < -0.39 is 5.97 Å². The number of methoxy groups -OCH3 is 2. The molecule has 0 aliphatic rings. The van der Waals surface area contributed by atoms with Crippen LogP contribution >= 0.6 is 11.3 Å². The summed E-state index contributed by atoms with van der Waals surface area (Å²) in [6, 6.07) is 11.8. The minimum atomic E-state index is -0.421. The highest BCUT2D eigenvalue weighted by Gasteiger charge is 2.14. The summed E-state index contributed by atoms with van der Waals surface area (Å²) >= 11 is 1.42. The summed E-state index contributed by atoms with van der Waals surface area (Å²) in [6.07, 6.45) is 0. The number of ether oxygens (including phenoxy) is 2. The number of nitrogens with zero attached hydrogens (tertiary/aromatic N) is 1. The summed E-state index contributed by atoms with van der Waals surface area (Å²) in [5, 5.41) is 4.56. The SMILES string of the molecule is COC(=O)c1csc(-c2ccc(OC)c3ccccc23)n1. The van der Waals surface area contributed by atoms with Crippen molar-refractivity contribution in [3.8, 4) is 16.3 Å². The van der Waals surface area contributed by atoms with E-state index >= 15 is 0 Å². The predicted molar refractivity (Wildman–Crippen MR) is 82.9 cm³/mol. The first-order valence-corrected chi connectivity index (χ1v) is 7.22. The third kappa shape index (κ3) is 2.36. The summed E-state index contributed by atoms with van der Waals surface area (Å²) < 4.78 is 10.1. The van der Waals surface area contributed by atoms with Gasteiger partial charge in [0.15, 0.2) is 5.69 Å². The van der Waals surface area contributed by atoms with Crippen molar-refractivity contribution in [2.24, 2.45) is 0 Å². The van der Waals surface area contributed by atoms with Gasteiger partial charge < -0.3 is 9.47 Å². The highest BCUT2D eigenvalue weighted by molar-refractivity contribution is 7.13. The Morgan fingerprint density at radius 3 is 2.57 bits per heavy atom. The van der Waals surface area contributed by atoms with Crippen molar-refractivity contribution in [2.45, 2.75) is 0 Å². The van der Waals surface area contributed by atoms with Gasteiger partial charge in [-0.1, -0.05) is 24.3 Å². The molecule has 106 valence electrons. The van der Waals surface area contributed by atoms with Gasteiger partial charge in [0.2, 0.25) is 0 Å². The first-order valence-electron chi connectivity index (χ1n) is 6.34. The molecule has 0 spiro atoms. The number of thiazole rings is 1. The van der Waals surface area contributed by atoms with Crippen LogP contribution in [-0.4, -0.2) is 25.2 Å². The molecule has 5 heteroatoms. The molecule has 0 bridgehead atoms. The van der Waals surface area contributed by atoms with E-state index in [0.717, 1.165) is 27.1 Å². The van der Waals surface area contributed by atoms with Crippen LogP contribution in [0.5, 0.6) is 5.75 Å². The van der Waals surface area contributed by atoms with E-state index in [0.29, 0.717) is 5.69 Å². The molecule has 0 aliphatic carbocycles. The van der Waals surface area contributed by atoms with Gasteiger partial charge in [-0.25, -0.2) is 9.78 Å². The molecule has 4 nitrogen and oxygen atoms in total. The molecule has 1 aromatic heterocycles. The Hall–Kier alpha value is -2.40. The predicted octanol–water partition coefficient (Wildman–Crippen LogP) is 3.76. The van der Waals surface area contributed by atoms with Crippen molar-refractivity contribution >= 4 is 28.1 Å². The van der Waals surface area contributed by atoms with Gasteiger partial charge in [-0.2, -0.15) is 0 Å². The molecule has 0 N–H and O–H groups in total. The third-order valence-electron chi connectivity index (χ3n) is 3.23. The van der Waals surface area contributed by atoms with Gasteiger partial charge in [-0.15, -0.1) is 11.3 Å². The minimum absolute atomic E-state index is 0.331. The molecule has 1 heterocycles. The van der Waals surface area contributed by atoms with E-state index in [1.165, 1.54) is 18.4 Å². The van der Waals surface area contributed by atoms with Crippen LogP contribution in [0.3, 0.4) is 0 Å². The highest BCUT2D eigenvalue weighted by atomic mass is 32.1. The van der Waals surface area contributed by atoms with Crippen molar-refractivity contribution in [2.75, 3.05) is 14.2 Å². The monoisotopic (exact) mass is 299 g/mol. The molecule has 0 saturated carbocycles. The molecule has 3 aromatic rings. The number of benzene rings is 2. The van der Waals surface area contributed by atoms with Crippen molar-refractivity contribution in [3.05, 3.63) is 47.5 Å². The number of carbonyl (C=O) groups excluding carboxylic acids is 1. The van der Waals surface area contributed by atoms with E-state index in [4.69, 9.17) is 9.47 Å². The molecule has 0 radical (unpaired) electrons. The minimum Gasteiger partial charge on any atom is -0.496 e. The van der Waals surface area contributed by atoms with Gasteiger partial charge in [-0.3, -0.25) is 0 Å². The molecular formula is C16H13NO3S. The maximum absolute atomic E-state index is 11.5. The van der Waals surface area contributed by atoms with Crippen molar-refractivity contribution in [3.63, 3.8) is 0 Å². The molecule has 0 saturated heterocycles. The first kappa shape index (κ1) is 13.6. The maximum atomic E-state index is 11.5. The quantitative estimate of drug-likeness (QED) is 0.691. The average molecular weight is 299 g/mol. The highest BCUT2D eigenvalue weighted by Crippen LogP contribution is 2.35. The largest absolute Gasteiger partial charge is 0.496 e. The second-order valence-corrected chi connectivity index (χ2v) is 5.25. The molecule has 21 heavy (non-hydrogen) atoms. The topological polar surface area (TPSA) is 48.4 Å². The number of rotatable bonds is 3. The Morgan fingerprint density at radius 2 is 1.86 bits per heavy atom. The van der Waals surface area contributed by atoms with Crippen molar-refractivity contribution < 1.29 is 14.3 Å². The van der Waals surface area contributed by atoms with Crippen molar-refractivity contribution in [1.82, 2.24) is 4.98 Å². The van der Waals surface area contributed by atoms with Crippen LogP contribution < -0.4 is 4.74 Å². The van der Waals surface area contributed by atoms with Gasteiger partial charge in [0.25, 0.3) is 0 Å². The van der Waals surface area contributed by atoms with E-state index in [1.807, 2.05) is 36.4 Å². The average Bonchev–Trinajstić information content (AvgIpc) is 3.02. The molecular weight excluding hydrogens is 286 g/mol. The lowest BCUT2D eigenvalue weighted by atomic mass is 10.0. The zero-order valence-corrected chi connectivity index (χ0v) is 12.4. The van der Waals surface area contributed by atoms with Crippen LogP contribution in [0.1, 0.15) is 10.5 Å². The maximum Gasteiger partial charge on any atom is 0.357 e. The fourth-order valence-electron chi connectivity index (χ4n) is 2.23. The zero-order chi connectivity index (χ0) is 14.8. The Kier molecular flexibility index (Phi) is 3.58. The van der Waals surface area contributed by atoms with Gasteiger partial charge in [0.05, 0.1) is 14.2 Å². The third-order valence-corrected chi connectivity index (χ3v) is 4.11. The Labute approximate surface area is 126 Å². The second kappa shape index (κ2) is 5.54. The van der Waals surface area contributed by atoms with E-state index in [2.05, 4.69) is 4.98 Å². The Balaban J connectivity index is 2.17. The lowest BCUT2D eigenvalue weighted by Crippen LogP contribution is -2.01. The molecule has 0 unspecified atom stereocenters. The van der Waals surface area contributed by atoms with Gasteiger partial charge in [0, 0.05) is 16.3 Å². The summed E-state index contributed by atoms with van der Waals surface area (Å²) in [5.41, 5.74) is 1.31. The van der Waals surface area contributed by atoms with E-state index in [9.17, 15) is 4.79 Å². The van der Waals surface area contributed by atoms with Gasteiger partial charge in [-0.05, 0) is 17.5 Å². The Bertz CT molecular complexity index is 810. The van der Waals surface area contributed by atoms with Crippen LogP contribution in [0.4, 0.5) is 0 Å². The summed E-state index contributed by atoms with van der Waals surface area (Å²) in [7, 11) is 3.00. The van der Waals surface area contributed by atoms with Crippen molar-refractivity contribution in [1.29, 1.82) is 0 Å². The molecule has 0 atom stereocenters. The number of aromatic nitrogens is 1. The van der Waals surface area contributed by atoms with Gasteiger partial charge >= 0.3 is 5.97 Å². The molecule has 0 amide bonds. The second-order valence-electron chi connectivity index (χ2n) is 4.39. The molecule has 2 aromatic carbocycles. The Morgan fingerprint density at radius 1 is 1.10 bits per heavy atom. The first-order chi connectivity index (χ1) is 10.2. The summed E-state index contributed by atoms with van der Waals surface area (Å²) in [4.78, 5) is 15.9. The van der Waals surface area contributed by atoms with Crippen LogP contribution in [-0.2, 0) is 4.74 Å². The van der Waals surface area contributed by atoms with Crippen LogP contribution in [0.25, 0.3) is 21.3 Å². The van der Waals surface area contributed by atoms with Gasteiger partial charge in [0.1, 0.15) is 10.8 Å². The van der Waals surface area contributed by atoms with Crippen LogP contribution in [0.2, 0.25) is 0 Å². The lowest BCUT2D eigenvalue weighted by Gasteiger charge is -2.08. The summed E-state index contributed by atoms with van der Waals surface area (Å²) in [5.74, 6) is 0.398. The summed E-state index contributed by atoms with van der Waals surface area (Å²) in [6.45, 7) is 0.